The number of tetrazole rings is 1. The van der Waals surface area contributed by atoms with Gasteiger partial charge in [-0.1, -0.05) is 5.16 Å². The number of oxime groups is 1. The molecule has 0 spiro atoms. The van der Waals surface area contributed by atoms with Crippen molar-refractivity contribution in [1.29, 1.82) is 0 Å². The fraction of sp³-hybridized carbons (Fsp3) is 0.143. The Hall–Kier alpha value is -2.56. The Labute approximate surface area is 104 Å². The molecule has 0 fully saturated rings. The summed E-state index contributed by atoms with van der Waals surface area (Å²) in [7, 11) is 0. The molecule has 0 aliphatic heterocycles. The first kappa shape index (κ1) is 11.9. The van der Waals surface area contributed by atoms with Crippen molar-refractivity contribution in [1.82, 2.24) is 31.3 Å². The lowest BCUT2D eigenvalue weighted by Gasteiger charge is -1.98. The van der Waals surface area contributed by atoms with Crippen LogP contribution in [0.2, 0.25) is 0 Å². The van der Waals surface area contributed by atoms with Crippen LogP contribution in [0.1, 0.15) is 11.5 Å². The van der Waals surface area contributed by atoms with Crippen molar-refractivity contribution in [2.75, 3.05) is 5.73 Å². The van der Waals surface area contributed by atoms with Gasteiger partial charge < -0.3 is 10.6 Å². The van der Waals surface area contributed by atoms with E-state index in [1.165, 1.54) is 5.38 Å². The Bertz CT molecular complexity index is 562. The lowest BCUT2D eigenvalue weighted by Crippen LogP contribution is -2.17. The molecule has 0 saturated carbocycles. The van der Waals surface area contributed by atoms with Crippen molar-refractivity contribution in [3.8, 4) is 0 Å². The van der Waals surface area contributed by atoms with Crippen molar-refractivity contribution >= 4 is 28.1 Å². The van der Waals surface area contributed by atoms with Gasteiger partial charge in [-0.3, -0.25) is 10.5 Å². The van der Waals surface area contributed by atoms with E-state index in [0.29, 0.717) is 5.82 Å². The molecule has 93 valence electrons. The summed E-state index contributed by atoms with van der Waals surface area (Å²) in [6, 6.07) is 0. The first-order valence-corrected chi connectivity index (χ1v) is 5.44. The van der Waals surface area contributed by atoms with Crippen LogP contribution in [-0.4, -0.2) is 37.2 Å². The minimum atomic E-state index is -1.02. The molecule has 18 heavy (non-hydrogen) atoms. The standard InChI is InChI=1S/C7H7N8O2S/c8-6(16)5(3-2-18-7(9)10-3)13-17-1-4-11-14-15-12-4/h2,8H,1H2,(H2,9,10)(H,11,12,14,15)/b13-5-. The molecule has 0 atom stereocenters. The Kier molecular flexibility index (Phi) is 3.43. The quantitative estimate of drug-likeness (QED) is 0.518. The predicted octanol–water partition coefficient (Wildman–Crippen LogP) is -1.03. The van der Waals surface area contributed by atoms with E-state index in [9.17, 15) is 4.79 Å². The normalized spacial score (nSPS) is 11.4. The number of aromatic nitrogens is 5. The van der Waals surface area contributed by atoms with Gasteiger partial charge in [-0.05, 0) is 10.4 Å². The van der Waals surface area contributed by atoms with Gasteiger partial charge >= 0.3 is 0 Å². The van der Waals surface area contributed by atoms with Crippen molar-refractivity contribution in [3.05, 3.63) is 16.9 Å². The molecule has 1 radical (unpaired) electrons. The molecule has 0 saturated heterocycles. The molecule has 10 nitrogen and oxygen atoms in total. The van der Waals surface area contributed by atoms with Crippen LogP contribution in [0.4, 0.5) is 5.13 Å². The number of hydrogen-bond donors (Lipinski definition) is 2. The van der Waals surface area contributed by atoms with Crippen molar-refractivity contribution in [2.24, 2.45) is 5.16 Å². The number of H-pyrrole nitrogens is 1. The molecule has 2 heterocycles. The Morgan fingerprint density at radius 2 is 2.50 bits per heavy atom. The number of thiazole rings is 1. The van der Waals surface area contributed by atoms with Gasteiger partial charge in [0.25, 0.3) is 5.91 Å². The van der Waals surface area contributed by atoms with Crippen LogP contribution >= 0.6 is 11.3 Å². The van der Waals surface area contributed by atoms with Crippen LogP contribution in [0.3, 0.4) is 0 Å². The van der Waals surface area contributed by atoms with Crippen LogP contribution in [0, 0.1) is 0 Å². The van der Waals surface area contributed by atoms with Gasteiger partial charge in [-0.25, -0.2) is 10.1 Å². The second-order valence-electron chi connectivity index (χ2n) is 2.96. The van der Waals surface area contributed by atoms with E-state index < -0.39 is 5.91 Å². The van der Waals surface area contributed by atoms with E-state index in [1.807, 2.05) is 0 Å². The summed E-state index contributed by atoms with van der Waals surface area (Å²) in [5.74, 6) is -0.677. The predicted molar refractivity (Wildman–Crippen MR) is 60.1 cm³/mol. The van der Waals surface area contributed by atoms with E-state index >= 15 is 0 Å². The first-order valence-electron chi connectivity index (χ1n) is 4.56. The monoisotopic (exact) mass is 267 g/mol. The van der Waals surface area contributed by atoms with E-state index in [4.69, 9.17) is 16.3 Å². The van der Waals surface area contributed by atoms with Gasteiger partial charge in [0.05, 0.1) is 0 Å². The second-order valence-corrected chi connectivity index (χ2v) is 3.85. The van der Waals surface area contributed by atoms with Crippen LogP contribution in [0.15, 0.2) is 10.5 Å². The third kappa shape index (κ3) is 2.76. The number of nitrogens with one attached hydrogen (secondary N) is 2. The Morgan fingerprint density at radius 3 is 3.06 bits per heavy atom. The van der Waals surface area contributed by atoms with Gasteiger partial charge in [0.15, 0.2) is 23.3 Å². The van der Waals surface area contributed by atoms with Crippen molar-refractivity contribution < 1.29 is 9.63 Å². The molecular formula is C7H7N8O2S. The van der Waals surface area contributed by atoms with Crippen molar-refractivity contribution in [3.63, 3.8) is 0 Å². The van der Waals surface area contributed by atoms with Crippen molar-refractivity contribution in [2.45, 2.75) is 6.61 Å². The maximum Gasteiger partial charge on any atom is 0.294 e. The highest BCUT2D eigenvalue weighted by Gasteiger charge is 2.15. The zero-order chi connectivity index (χ0) is 13.0. The topological polar surface area (TPSA) is 156 Å². The average molecular weight is 267 g/mol. The number of amides is 1. The van der Waals surface area contributed by atoms with Crippen LogP contribution in [0.5, 0.6) is 0 Å². The van der Waals surface area contributed by atoms with E-state index in [-0.39, 0.29) is 23.1 Å². The molecular weight excluding hydrogens is 260 g/mol. The molecule has 0 aliphatic rings. The minimum absolute atomic E-state index is 0.0522. The Morgan fingerprint density at radius 1 is 1.67 bits per heavy atom. The molecule has 1 amide bonds. The van der Waals surface area contributed by atoms with E-state index in [1.54, 1.807) is 0 Å². The summed E-state index contributed by atoms with van der Waals surface area (Å²) in [6.07, 6.45) is 0. The summed E-state index contributed by atoms with van der Waals surface area (Å²) in [6.45, 7) is -0.0522. The number of carbonyl (C=O) groups is 1. The summed E-state index contributed by atoms with van der Waals surface area (Å²) in [4.78, 5) is 19.8. The molecule has 0 aromatic carbocycles. The summed E-state index contributed by atoms with van der Waals surface area (Å²) >= 11 is 1.14. The molecule has 0 bridgehead atoms. The highest BCUT2D eigenvalue weighted by Crippen LogP contribution is 2.12. The van der Waals surface area contributed by atoms with Gasteiger partial charge in [0.2, 0.25) is 0 Å². The number of nitrogen functional groups attached to an aromatic ring is 1. The fourth-order valence-electron chi connectivity index (χ4n) is 0.999. The van der Waals surface area contributed by atoms with Crippen LogP contribution in [-0.2, 0) is 16.2 Å². The highest BCUT2D eigenvalue weighted by atomic mass is 32.1. The largest absolute Gasteiger partial charge is 0.387 e. The first-order chi connectivity index (χ1) is 8.66. The number of aromatic amines is 1. The summed E-state index contributed by atoms with van der Waals surface area (Å²) in [5.41, 5.74) is 12.5. The fourth-order valence-corrected chi connectivity index (χ4v) is 1.55. The molecule has 0 aliphatic carbocycles. The highest BCUT2D eigenvalue weighted by molar-refractivity contribution is 7.13. The molecule has 2 rings (SSSR count). The SMILES string of the molecule is [NH]C(=O)/C(=N\OCc1nnn[nH]1)c1csc(N)n1. The zero-order valence-electron chi connectivity index (χ0n) is 8.82. The molecule has 0 unspecified atom stereocenters. The summed E-state index contributed by atoms with van der Waals surface area (Å²) < 4.78 is 0. The third-order valence-electron chi connectivity index (χ3n) is 1.73. The third-order valence-corrected chi connectivity index (χ3v) is 2.40. The van der Waals surface area contributed by atoms with Gasteiger partial charge in [-0.2, -0.15) is 0 Å². The maximum atomic E-state index is 11.1. The van der Waals surface area contributed by atoms with Crippen LogP contribution < -0.4 is 11.5 Å². The zero-order valence-corrected chi connectivity index (χ0v) is 9.64. The second kappa shape index (κ2) is 5.18. The lowest BCUT2D eigenvalue weighted by atomic mass is 10.3. The number of rotatable bonds is 5. The number of nitrogens with two attached hydrogens (primary N) is 1. The van der Waals surface area contributed by atoms with E-state index in [2.05, 4.69) is 30.8 Å². The molecule has 2 aromatic rings. The smallest absolute Gasteiger partial charge is 0.294 e. The molecule has 11 heteroatoms. The number of nitrogens with zero attached hydrogens (tertiary/aromatic N) is 5. The molecule has 2 aromatic heterocycles. The number of anilines is 1. The van der Waals surface area contributed by atoms with Crippen LogP contribution in [0.25, 0.3) is 0 Å². The summed E-state index contributed by atoms with van der Waals surface area (Å²) in [5, 5.41) is 18.0. The Balaban J connectivity index is 2.08. The number of carbonyl (C=O) groups excluding carboxylic acids is 1. The van der Waals surface area contributed by atoms with E-state index in [0.717, 1.165) is 11.3 Å². The minimum Gasteiger partial charge on any atom is -0.387 e. The van der Waals surface area contributed by atoms with Gasteiger partial charge in [0.1, 0.15) is 5.69 Å². The number of hydrogen-bond acceptors (Lipinski definition) is 9. The van der Waals surface area contributed by atoms with Gasteiger partial charge in [-0.15, -0.1) is 16.4 Å². The van der Waals surface area contributed by atoms with Gasteiger partial charge in [0, 0.05) is 5.38 Å². The lowest BCUT2D eigenvalue weighted by molar-refractivity contribution is -0.112. The maximum absolute atomic E-state index is 11.1. The molecule has 4 N–H and O–H groups in total. The average Bonchev–Trinajstić information content (AvgIpc) is 2.95.